The largest absolute Gasteiger partial charge is 0.303 e. The molecule has 0 spiro atoms. The Morgan fingerprint density at radius 2 is 2.10 bits per heavy atom. The van der Waals surface area contributed by atoms with Gasteiger partial charge in [0.2, 0.25) is 11.8 Å². The lowest BCUT2D eigenvalue weighted by Gasteiger charge is -2.22. The smallest absolute Gasteiger partial charge is 0.247 e. The van der Waals surface area contributed by atoms with Gasteiger partial charge in [0.1, 0.15) is 0 Å². The van der Waals surface area contributed by atoms with E-state index < -0.39 is 0 Å². The number of rotatable bonds is 6. The molecule has 0 aliphatic carbocycles. The van der Waals surface area contributed by atoms with Crippen molar-refractivity contribution in [3.05, 3.63) is 21.9 Å². The van der Waals surface area contributed by atoms with Crippen LogP contribution in [0, 0.1) is 6.92 Å². The summed E-state index contributed by atoms with van der Waals surface area (Å²) in [6.45, 7) is 8.08. The highest BCUT2D eigenvalue weighted by atomic mass is 32.1. The number of thiophene rings is 1. The molecule has 1 saturated heterocycles. The molecule has 2 amide bonds. The van der Waals surface area contributed by atoms with Crippen molar-refractivity contribution in [1.29, 1.82) is 0 Å². The van der Waals surface area contributed by atoms with Crippen LogP contribution in [0.2, 0.25) is 0 Å². The van der Waals surface area contributed by atoms with E-state index >= 15 is 0 Å². The molecule has 1 N–H and O–H groups in total. The Bertz CT molecular complexity index is 526. The second-order valence-electron chi connectivity index (χ2n) is 5.90. The van der Waals surface area contributed by atoms with Crippen LogP contribution in [-0.4, -0.2) is 34.8 Å². The highest BCUT2D eigenvalue weighted by molar-refractivity contribution is 7.11. The van der Waals surface area contributed by atoms with Crippen LogP contribution in [0.15, 0.2) is 12.1 Å². The van der Waals surface area contributed by atoms with Crippen molar-refractivity contribution >= 4 is 23.2 Å². The van der Waals surface area contributed by atoms with E-state index in [0.29, 0.717) is 0 Å². The molecular weight excluding hydrogens is 284 g/mol. The Kier molecular flexibility index (Phi) is 5.17. The van der Waals surface area contributed by atoms with E-state index in [-0.39, 0.29) is 36.4 Å². The highest BCUT2D eigenvalue weighted by Gasteiger charge is 2.40. The topological polar surface area (TPSA) is 49.4 Å². The summed E-state index contributed by atoms with van der Waals surface area (Å²) >= 11 is 1.78. The van der Waals surface area contributed by atoms with Crippen LogP contribution in [0.1, 0.15) is 43.4 Å². The van der Waals surface area contributed by atoms with Gasteiger partial charge in [-0.2, -0.15) is 0 Å². The van der Waals surface area contributed by atoms with Gasteiger partial charge in [-0.05, 0) is 45.7 Å². The lowest BCUT2D eigenvalue weighted by atomic mass is 10.1. The van der Waals surface area contributed by atoms with Gasteiger partial charge in [0.05, 0.1) is 12.5 Å². The van der Waals surface area contributed by atoms with Crippen molar-refractivity contribution in [3.63, 3.8) is 0 Å². The third-order valence-corrected chi connectivity index (χ3v) is 5.03. The van der Waals surface area contributed by atoms with Crippen LogP contribution in [-0.2, 0) is 16.0 Å². The van der Waals surface area contributed by atoms with Crippen molar-refractivity contribution in [2.75, 3.05) is 0 Å². The first-order chi connectivity index (χ1) is 9.92. The highest BCUT2D eigenvalue weighted by Crippen LogP contribution is 2.20. The standard InChI is InChI=1S/C16H24N2O2S/c1-5-11(3)18-15(19)9-14(16(18)20)17-10(2)8-13-7-6-12(4)21-13/h6-7,10-11,14,17H,5,8-9H2,1-4H3. The van der Waals surface area contributed by atoms with E-state index in [1.807, 2.05) is 13.8 Å². The van der Waals surface area contributed by atoms with Crippen LogP contribution in [0.3, 0.4) is 0 Å². The van der Waals surface area contributed by atoms with E-state index in [9.17, 15) is 9.59 Å². The third-order valence-electron chi connectivity index (χ3n) is 4.00. The van der Waals surface area contributed by atoms with Crippen LogP contribution in [0.5, 0.6) is 0 Å². The van der Waals surface area contributed by atoms with Gasteiger partial charge in [-0.1, -0.05) is 6.92 Å². The maximum atomic E-state index is 12.4. The molecule has 1 aliphatic rings. The Morgan fingerprint density at radius 3 is 2.67 bits per heavy atom. The van der Waals surface area contributed by atoms with Gasteiger partial charge in [-0.3, -0.25) is 14.5 Å². The minimum Gasteiger partial charge on any atom is -0.303 e. The first-order valence-corrected chi connectivity index (χ1v) is 8.41. The Balaban J connectivity index is 1.94. The first kappa shape index (κ1) is 16.2. The van der Waals surface area contributed by atoms with Crippen LogP contribution < -0.4 is 5.32 Å². The number of amides is 2. The zero-order valence-corrected chi connectivity index (χ0v) is 14.0. The molecule has 3 unspecified atom stereocenters. The van der Waals surface area contributed by atoms with Crippen molar-refractivity contribution in [1.82, 2.24) is 10.2 Å². The number of hydrogen-bond donors (Lipinski definition) is 1. The first-order valence-electron chi connectivity index (χ1n) is 7.59. The fourth-order valence-electron chi connectivity index (χ4n) is 2.73. The zero-order valence-electron chi connectivity index (χ0n) is 13.2. The van der Waals surface area contributed by atoms with Gasteiger partial charge in [0, 0.05) is 21.8 Å². The molecule has 0 aromatic carbocycles. The molecule has 116 valence electrons. The summed E-state index contributed by atoms with van der Waals surface area (Å²) in [6, 6.07) is 4.06. The van der Waals surface area contributed by atoms with Crippen molar-refractivity contribution in [2.24, 2.45) is 0 Å². The van der Waals surface area contributed by atoms with Crippen LogP contribution in [0.4, 0.5) is 0 Å². The number of aryl methyl sites for hydroxylation is 1. The van der Waals surface area contributed by atoms with Crippen molar-refractivity contribution < 1.29 is 9.59 Å². The van der Waals surface area contributed by atoms with E-state index in [0.717, 1.165) is 12.8 Å². The van der Waals surface area contributed by atoms with Crippen molar-refractivity contribution in [2.45, 2.75) is 65.1 Å². The second kappa shape index (κ2) is 6.71. The number of hydrogen-bond acceptors (Lipinski definition) is 4. The van der Waals surface area contributed by atoms with Gasteiger partial charge in [0.25, 0.3) is 0 Å². The predicted molar refractivity (Wildman–Crippen MR) is 85.4 cm³/mol. The molecule has 21 heavy (non-hydrogen) atoms. The Hall–Kier alpha value is -1.20. The average molecular weight is 308 g/mol. The molecule has 2 rings (SSSR count). The number of carbonyl (C=O) groups excluding carboxylic acids is 2. The zero-order chi connectivity index (χ0) is 15.6. The third kappa shape index (κ3) is 3.71. The molecule has 1 fully saturated rings. The van der Waals surface area contributed by atoms with Gasteiger partial charge in [-0.15, -0.1) is 11.3 Å². The minimum absolute atomic E-state index is 0.00736. The molecule has 4 nitrogen and oxygen atoms in total. The fraction of sp³-hybridized carbons (Fsp3) is 0.625. The average Bonchev–Trinajstić information content (AvgIpc) is 2.93. The molecule has 1 aliphatic heterocycles. The van der Waals surface area contributed by atoms with Gasteiger partial charge in [-0.25, -0.2) is 0 Å². The summed E-state index contributed by atoms with van der Waals surface area (Å²) in [5.41, 5.74) is 0. The molecule has 1 aromatic rings. The van der Waals surface area contributed by atoms with Crippen molar-refractivity contribution in [3.8, 4) is 0 Å². The van der Waals surface area contributed by atoms with Crippen LogP contribution >= 0.6 is 11.3 Å². The van der Waals surface area contributed by atoms with Gasteiger partial charge >= 0.3 is 0 Å². The van der Waals surface area contributed by atoms with Crippen LogP contribution in [0.25, 0.3) is 0 Å². The van der Waals surface area contributed by atoms with E-state index in [2.05, 4.69) is 31.3 Å². The minimum atomic E-state index is -0.359. The van der Waals surface area contributed by atoms with E-state index in [1.165, 1.54) is 14.7 Å². The summed E-state index contributed by atoms with van der Waals surface area (Å²) in [4.78, 5) is 28.4. The predicted octanol–water partition coefficient (Wildman–Crippen LogP) is 2.50. The van der Waals surface area contributed by atoms with E-state index in [4.69, 9.17) is 0 Å². The lowest BCUT2D eigenvalue weighted by Crippen LogP contribution is -2.45. The SMILES string of the molecule is CCC(C)N1C(=O)CC(NC(C)Cc2ccc(C)s2)C1=O. The normalized spacial score (nSPS) is 21.9. The molecule has 3 atom stereocenters. The number of nitrogens with one attached hydrogen (secondary N) is 1. The Labute approximate surface area is 130 Å². The Morgan fingerprint density at radius 1 is 1.38 bits per heavy atom. The maximum absolute atomic E-state index is 12.4. The summed E-state index contributed by atoms with van der Waals surface area (Å²) in [5, 5.41) is 3.32. The monoisotopic (exact) mass is 308 g/mol. The molecule has 0 saturated carbocycles. The summed E-state index contributed by atoms with van der Waals surface area (Å²) in [6.07, 6.45) is 1.98. The summed E-state index contributed by atoms with van der Waals surface area (Å²) < 4.78 is 0. The maximum Gasteiger partial charge on any atom is 0.247 e. The van der Waals surface area contributed by atoms with Gasteiger partial charge in [0.15, 0.2) is 0 Å². The second-order valence-corrected chi connectivity index (χ2v) is 7.27. The lowest BCUT2D eigenvalue weighted by molar-refractivity contribution is -0.141. The molecule has 0 bridgehead atoms. The molecule has 2 heterocycles. The molecule has 1 aromatic heterocycles. The number of carbonyl (C=O) groups is 2. The number of nitrogens with zero attached hydrogens (tertiary/aromatic N) is 1. The molecule has 0 radical (unpaired) electrons. The molecular formula is C16H24N2O2S. The summed E-state index contributed by atoms with van der Waals surface area (Å²) in [5.74, 6) is -0.116. The number of imide groups is 1. The summed E-state index contributed by atoms with van der Waals surface area (Å²) in [7, 11) is 0. The molecule has 5 heteroatoms. The van der Waals surface area contributed by atoms with Gasteiger partial charge < -0.3 is 5.32 Å². The quantitative estimate of drug-likeness (QED) is 0.822. The number of likely N-dealkylation sites (tertiary alicyclic amines) is 1. The van der Waals surface area contributed by atoms with E-state index in [1.54, 1.807) is 11.3 Å². The fourth-order valence-corrected chi connectivity index (χ4v) is 3.74.